The number of allylic oxidation sites excluding steroid dienone is 6. The van der Waals surface area contributed by atoms with Crippen LogP contribution in [0.15, 0.2) is 46.6 Å². The molecule has 6 heteroatoms. The Hall–Kier alpha value is -2.76. The molecular weight excluding hydrogens is 456 g/mol. The second kappa shape index (κ2) is 16.8. The van der Waals surface area contributed by atoms with Crippen molar-refractivity contribution in [2.45, 2.75) is 92.9 Å². The number of ether oxygens (including phenoxy) is 2. The van der Waals surface area contributed by atoms with Crippen molar-refractivity contribution in [3.05, 3.63) is 46.6 Å². The maximum absolute atomic E-state index is 12.4. The monoisotopic (exact) mass is 500 g/mol. The van der Waals surface area contributed by atoms with Gasteiger partial charge in [-0.1, -0.05) is 34.4 Å². The normalized spacial score (nSPS) is 29.8. The van der Waals surface area contributed by atoms with Gasteiger partial charge in [0, 0.05) is 12.8 Å². The zero-order valence-electron chi connectivity index (χ0n) is 23.0. The topological polar surface area (TPSA) is 86.7 Å². The summed E-state index contributed by atoms with van der Waals surface area (Å²) in [6, 6.07) is 0. The van der Waals surface area contributed by atoms with Gasteiger partial charge in [0.15, 0.2) is 0 Å². The number of esters is 2. The Labute approximate surface area is 216 Å². The van der Waals surface area contributed by atoms with Crippen LogP contribution in [0, 0.1) is 11.8 Å². The highest BCUT2D eigenvalue weighted by atomic mass is 16.5. The first-order valence-corrected chi connectivity index (χ1v) is 13.0. The third-order valence-corrected chi connectivity index (χ3v) is 6.58. The zero-order chi connectivity index (χ0) is 27.1. The summed E-state index contributed by atoms with van der Waals surface area (Å²) in [5.41, 5.74) is 4.37. The van der Waals surface area contributed by atoms with E-state index in [1.54, 1.807) is 13.8 Å². The lowest BCUT2D eigenvalue weighted by atomic mass is 9.99. The molecule has 0 aromatic carbocycles. The van der Waals surface area contributed by atoms with Crippen LogP contribution in [0.5, 0.6) is 0 Å². The summed E-state index contributed by atoms with van der Waals surface area (Å²) in [4.78, 5) is 49.4. The molecule has 0 saturated heterocycles. The molecule has 2 unspecified atom stereocenters. The van der Waals surface area contributed by atoms with Crippen LogP contribution in [0.1, 0.15) is 92.9 Å². The molecular formula is C30H44O6. The van der Waals surface area contributed by atoms with Crippen molar-refractivity contribution in [1.29, 1.82) is 0 Å². The lowest BCUT2D eigenvalue weighted by Gasteiger charge is -2.11. The van der Waals surface area contributed by atoms with E-state index in [9.17, 15) is 19.2 Å². The number of carbonyl (C=O) groups is 4. The highest BCUT2D eigenvalue weighted by Gasteiger charge is 2.23. The molecule has 36 heavy (non-hydrogen) atoms. The molecule has 0 spiro atoms. The van der Waals surface area contributed by atoms with E-state index in [-0.39, 0.29) is 24.8 Å². The van der Waals surface area contributed by atoms with Gasteiger partial charge in [0.2, 0.25) is 0 Å². The molecule has 6 nitrogen and oxygen atoms in total. The van der Waals surface area contributed by atoms with Crippen molar-refractivity contribution in [2.75, 3.05) is 13.2 Å². The van der Waals surface area contributed by atoms with Gasteiger partial charge in [-0.25, -0.2) is 0 Å². The molecule has 1 heterocycles. The van der Waals surface area contributed by atoms with Crippen LogP contribution in [-0.2, 0) is 28.7 Å². The van der Waals surface area contributed by atoms with Crippen LogP contribution in [0.25, 0.3) is 0 Å². The summed E-state index contributed by atoms with van der Waals surface area (Å²) in [6.45, 7) is 11.4. The molecule has 0 aromatic rings. The van der Waals surface area contributed by atoms with Crippen molar-refractivity contribution in [1.82, 2.24) is 0 Å². The van der Waals surface area contributed by atoms with Crippen LogP contribution in [0.4, 0.5) is 0 Å². The van der Waals surface area contributed by atoms with Gasteiger partial charge in [0.05, 0.1) is 0 Å². The minimum Gasteiger partial charge on any atom is -0.461 e. The predicted molar refractivity (Wildman–Crippen MR) is 142 cm³/mol. The Morgan fingerprint density at radius 1 is 0.528 bits per heavy atom. The first kappa shape index (κ1) is 31.3. The quantitative estimate of drug-likeness (QED) is 0.217. The number of cyclic esters (lactones) is 2. The Morgan fingerprint density at radius 3 is 1.22 bits per heavy atom. The Bertz CT molecular complexity index is 828. The van der Waals surface area contributed by atoms with Crippen LogP contribution in [0.2, 0.25) is 0 Å². The lowest BCUT2D eigenvalue weighted by Crippen LogP contribution is -2.23. The minimum atomic E-state index is -0.769. The fourth-order valence-electron chi connectivity index (χ4n) is 3.62. The van der Waals surface area contributed by atoms with Crippen molar-refractivity contribution in [3.8, 4) is 0 Å². The van der Waals surface area contributed by atoms with Gasteiger partial charge in [0.25, 0.3) is 0 Å². The Morgan fingerprint density at radius 2 is 0.861 bits per heavy atom. The molecule has 0 aromatic heterocycles. The SMILES string of the molecule is C/C1=C\COC(=O)C(C)C(=O)CC/C(C)=C/CC/C(C)=C/COC(=O)C(C)C(=O)CC/C(C)=C/CC1. The second-order valence-electron chi connectivity index (χ2n) is 9.92. The molecule has 1 aliphatic heterocycles. The standard InChI is InChI=1S/C30H44O6/c1-21-9-7-11-23(3)17-19-36-30(34)26(6)28(32)16-14-22(2)10-8-12-24(4)18-20-35-29(33)25(5)27(31)15-13-21/h9-10,17-18,25-26H,7-8,11-16,19-20H2,1-6H3/b21-9+,22-10+,23-17+,24-18+. The fourth-order valence-corrected chi connectivity index (χ4v) is 3.62. The van der Waals surface area contributed by atoms with Crippen LogP contribution >= 0.6 is 0 Å². The number of ketones is 2. The number of hydrogen-bond acceptors (Lipinski definition) is 6. The summed E-state index contributed by atoms with van der Waals surface area (Å²) in [6.07, 6.45) is 13.0. The molecule has 0 saturated carbocycles. The minimum absolute atomic E-state index is 0.110. The van der Waals surface area contributed by atoms with Crippen molar-refractivity contribution in [2.24, 2.45) is 11.8 Å². The van der Waals surface area contributed by atoms with E-state index in [0.717, 1.165) is 48.0 Å². The van der Waals surface area contributed by atoms with Gasteiger partial charge in [-0.2, -0.15) is 0 Å². The van der Waals surface area contributed by atoms with E-state index < -0.39 is 23.8 Å². The average Bonchev–Trinajstić information content (AvgIpc) is 2.84. The molecule has 0 aliphatic carbocycles. The Kier molecular flexibility index (Phi) is 14.6. The molecule has 0 bridgehead atoms. The predicted octanol–water partition coefficient (Wildman–Crippen LogP) is 6.40. The van der Waals surface area contributed by atoms with E-state index in [1.165, 1.54) is 0 Å². The molecule has 0 N–H and O–H groups in total. The third kappa shape index (κ3) is 12.8. The molecule has 1 rings (SSSR count). The molecule has 200 valence electrons. The second-order valence-corrected chi connectivity index (χ2v) is 9.92. The zero-order valence-corrected chi connectivity index (χ0v) is 23.0. The first-order chi connectivity index (χ1) is 17.0. The third-order valence-electron chi connectivity index (χ3n) is 6.58. The molecule has 0 radical (unpaired) electrons. The average molecular weight is 501 g/mol. The maximum atomic E-state index is 12.4. The number of hydrogen-bond donors (Lipinski definition) is 0. The van der Waals surface area contributed by atoms with Crippen LogP contribution in [-0.4, -0.2) is 36.7 Å². The number of rotatable bonds is 0. The largest absolute Gasteiger partial charge is 0.461 e. The number of Topliss-reactive ketones (excluding diaryl/α,β-unsaturated/α-hetero) is 2. The van der Waals surface area contributed by atoms with Gasteiger partial charge < -0.3 is 9.47 Å². The molecule has 1 aliphatic rings. The molecule has 2 atom stereocenters. The summed E-state index contributed by atoms with van der Waals surface area (Å²) >= 11 is 0. The van der Waals surface area contributed by atoms with E-state index in [4.69, 9.17) is 9.47 Å². The highest BCUT2D eigenvalue weighted by Crippen LogP contribution is 2.16. The van der Waals surface area contributed by atoms with Gasteiger partial charge in [-0.15, -0.1) is 0 Å². The molecule has 0 fully saturated rings. The van der Waals surface area contributed by atoms with Gasteiger partial charge in [-0.05, 0) is 92.2 Å². The van der Waals surface area contributed by atoms with E-state index in [0.29, 0.717) is 25.7 Å². The van der Waals surface area contributed by atoms with Gasteiger partial charge >= 0.3 is 11.9 Å². The lowest BCUT2D eigenvalue weighted by molar-refractivity contribution is -0.151. The van der Waals surface area contributed by atoms with Gasteiger partial charge in [-0.3, -0.25) is 19.2 Å². The van der Waals surface area contributed by atoms with Crippen molar-refractivity contribution < 1.29 is 28.7 Å². The number of carbonyl (C=O) groups excluding carboxylic acids is 4. The molecule has 0 amide bonds. The van der Waals surface area contributed by atoms with Crippen molar-refractivity contribution in [3.63, 3.8) is 0 Å². The fraction of sp³-hybridized carbons (Fsp3) is 0.600. The van der Waals surface area contributed by atoms with Gasteiger partial charge in [0.1, 0.15) is 36.6 Å². The van der Waals surface area contributed by atoms with Crippen LogP contribution in [0.3, 0.4) is 0 Å². The maximum Gasteiger partial charge on any atom is 0.316 e. The summed E-state index contributed by atoms with van der Waals surface area (Å²) in [5.74, 6) is -2.73. The summed E-state index contributed by atoms with van der Waals surface area (Å²) in [7, 11) is 0. The van der Waals surface area contributed by atoms with Crippen molar-refractivity contribution >= 4 is 23.5 Å². The summed E-state index contributed by atoms with van der Waals surface area (Å²) in [5, 5.41) is 0. The first-order valence-electron chi connectivity index (χ1n) is 13.0. The van der Waals surface area contributed by atoms with E-state index in [1.807, 2.05) is 39.8 Å². The Balaban J connectivity index is 2.85. The summed E-state index contributed by atoms with van der Waals surface area (Å²) < 4.78 is 10.6. The van der Waals surface area contributed by atoms with E-state index >= 15 is 0 Å². The smallest absolute Gasteiger partial charge is 0.316 e. The van der Waals surface area contributed by atoms with E-state index in [2.05, 4.69) is 12.2 Å². The van der Waals surface area contributed by atoms with Crippen LogP contribution < -0.4 is 0 Å². The highest BCUT2D eigenvalue weighted by molar-refractivity contribution is 5.99.